The van der Waals surface area contributed by atoms with Gasteiger partial charge in [0.15, 0.2) is 0 Å². The lowest BCUT2D eigenvalue weighted by Gasteiger charge is -2.10. The Balaban J connectivity index is 1.78. The number of carboxylic acid groups (broad SMARTS) is 1. The molecule has 4 aromatic rings. The summed E-state index contributed by atoms with van der Waals surface area (Å²) < 4.78 is 80.1. The van der Waals surface area contributed by atoms with Crippen LogP contribution in [0.25, 0.3) is 22.0 Å². The standard InChI is InChI=1S/C23H16F4N2O4S/c24-18-6-7-21-20(10-18)15(3-8-22(30)31)13-29(21)34(32,33)19-9-16(11-28-12-19)14-1-4-17(5-2-14)23(25,26)27/h1-2,4-7,9-13H,3,8H2,(H,30,31). The monoisotopic (exact) mass is 492 g/mol. The molecule has 0 saturated heterocycles. The third-order valence-corrected chi connectivity index (χ3v) is 6.88. The van der Waals surface area contributed by atoms with Crippen LogP contribution in [0, 0.1) is 5.82 Å². The molecule has 2 heterocycles. The van der Waals surface area contributed by atoms with Gasteiger partial charge in [-0.2, -0.15) is 13.2 Å². The minimum absolute atomic E-state index is 0.0123. The molecule has 0 bridgehead atoms. The Bertz CT molecular complexity index is 1490. The fourth-order valence-corrected chi connectivity index (χ4v) is 4.94. The molecule has 4 rings (SSSR count). The maximum atomic E-state index is 13.8. The highest BCUT2D eigenvalue weighted by Crippen LogP contribution is 2.32. The number of benzene rings is 2. The van der Waals surface area contributed by atoms with Gasteiger partial charge in [-0.25, -0.2) is 16.8 Å². The summed E-state index contributed by atoms with van der Waals surface area (Å²) in [6, 6.07) is 8.99. The van der Waals surface area contributed by atoms with E-state index in [2.05, 4.69) is 4.98 Å². The molecular weight excluding hydrogens is 476 g/mol. The number of hydrogen-bond acceptors (Lipinski definition) is 4. The van der Waals surface area contributed by atoms with Crippen molar-refractivity contribution in [3.05, 3.63) is 84.1 Å². The summed E-state index contributed by atoms with van der Waals surface area (Å²) in [5, 5.41) is 9.24. The Labute approximate surface area is 191 Å². The zero-order valence-corrected chi connectivity index (χ0v) is 18.1. The molecule has 34 heavy (non-hydrogen) atoms. The van der Waals surface area contributed by atoms with E-state index in [1.54, 1.807) is 0 Å². The molecule has 0 radical (unpaired) electrons. The Hall–Kier alpha value is -3.73. The number of aryl methyl sites for hydroxylation is 1. The normalized spacial score (nSPS) is 12.2. The van der Waals surface area contributed by atoms with Gasteiger partial charge < -0.3 is 5.11 Å². The van der Waals surface area contributed by atoms with E-state index in [1.807, 2.05) is 0 Å². The van der Waals surface area contributed by atoms with Gasteiger partial charge in [-0.3, -0.25) is 9.78 Å². The van der Waals surface area contributed by atoms with E-state index >= 15 is 0 Å². The third kappa shape index (κ3) is 4.51. The summed E-state index contributed by atoms with van der Waals surface area (Å²) in [6.07, 6.45) is -1.14. The molecule has 0 unspecified atom stereocenters. The quantitative estimate of drug-likeness (QED) is 0.378. The van der Waals surface area contributed by atoms with Crippen LogP contribution >= 0.6 is 0 Å². The molecule has 11 heteroatoms. The largest absolute Gasteiger partial charge is 0.481 e. The van der Waals surface area contributed by atoms with E-state index in [-0.39, 0.29) is 34.2 Å². The second-order valence-corrected chi connectivity index (χ2v) is 9.31. The van der Waals surface area contributed by atoms with Gasteiger partial charge in [-0.1, -0.05) is 12.1 Å². The van der Waals surface area contributed by atoms with Crippen molar-refractivity contribution in [3.63, 3.8) is 0 Å². The fraction of sp³-hybridized carbons (Fsp3) is 0.130. The first-order valence-electron chi connectivity index (χ1n) is 9.86. The highest BCUT2D eigenvalue weighted by Gasteiger charge is 2.30. The lowest BCUT2D eigenvalue weighted by Crippen LogP contribution is -2.12. The van der Waals surface area contributed by atoms with Crippen LogP contribution in [0.15, 0.2) is 72.0 Å². The smallest absolute Gasteiger partial charge is 0.416 e. The number of hydrogen-bond donors (Lipinski definition) is 1. The van der Waals surface area contributed by atoms with Gasteiger partial charge in [-0.15, -0.1) is 0 Å². The van der Waals surface area contributed by atoms with Gasteiger partial charge in [0, 0.05) is 36.0 Å². The molecule has 6 nitrogen and oxygen atoms in total. The zero-order valence-electron chi connectivity index (χ0n) is 17.3. The number of carboxylic acids is 1. The first kappa shape index (κ1) is 23.4. The minimum atomic E-state index is -4.50. The lowest BCUT2D eigenvalue weighted by atomic mass is 10.1. The van der Waals surface area contributed by atoms with Crippen molar-refractivity contribution >= 4 is 26.9 Å². The Morgan fingerprint density at radius 2 is 1.71 bits per heavy atom. The van der Waals surface area contributed by atoms with Crippen LogP contribution in [0.5, 0.6) is 0 Å². The summed E-state index contributed by atoms with van der Waals surface area (Å²) in [4.78, 5) is 14.7. The summed E-state index contributed by atoms with van der Waals surface area (Å²) in [5.41, 5.74) is 0.268. The molecule has 0 saturated carbocycles. The average molecular weight is 492 g/mol. The maximum absolute atomic E-state index is 13.8. The third-order valence-electron chi connectivity index (χ3n) is 5.24. The fourth-order valence-electron chi connectivity index (χ4n) is 3.56. The van der Waals surface area contributed by atoms with Gasteiger partial charge in [0.25, 0.3) is 10.0 Å². The van der Waals surface area contributed by atoms with Crippen molar-refractivity contribution in [2.75, 3.05) is 0 Å². The molecule has 176 valence electrons. The molecule has 0 atom stereocenters. The molecule has 2 aromatic heterocycles. The Morgan fingerprint density at radius 1 is 1.00 bits per heavy atom. The van der Waals surface area contributed by atoms with Crippen LogP contribution in [-0.2, 0) is 27.4 Å². The highest BCUT2D eigenvalue weighted by atomic mass is 32.2. The molecule has 0 aliphatic rings. The summed E-state index contributed by atoms with van der Waals surface area (Å²) >= 11 is 0. The number of nitrogens with zero attached hydrogens (tertiary/aromatic N) is 2. The Morgan fingerprint density at radius 3 is 2.35 bits per heavy atom. The van der Waals surface area contributed by atoms with Gasteiger partial charge in [0.2, 0.25) is 0 Å². The number of aromatic nitrogens is 2. The molecule has 0 amide bonds. The summed E-state index contributed by atoms with van der Waals surface area (Å²) in [6.45, 7) is 0. The maximum Gasteiger partial charge on any atom is 0.416 e. The first-order valence-corrected chi connectivity index (χ1v) is 11.3. The van der Waals surface area contributed by atoms with Crippen molar-refractivity contribution in [3.8, 4) is 11.1 Å². The molecular formula is C23H16F4N2O4S. The van der Waals surface area contributed by atoms with E-state index in [0.717, 1.165) is 34.4 Å². The van der Waals surface area contributed by atoms with E-state index in [4.69, 9.17) is 5.11 Å². The number of fused-ring (bicyclic) bond motifs is 1. The van der Waals surface area contributed by atoms with Crippen LogP contribution in [0.3, 0.4) is 0 Å². The first-order chi connectivity index (χ1) is 16.0. The number of aliphatic carboxylic acids is 1. The lowest BCUT2D eigenvalue weighted by molar-refractivity contribution is -0.138. The van der Waals surface area contributed by atoms with Crippen molar-refractivity contribution in [1.29, 1.82) is 0 Å². The summed E-state index contributed by atoms with van der Waals surface area (Å²) in [7, 11) is -4.25. The van der Waals surface area contributed by atoms with E-state index in [0.29, 0.717) is 11.1 Å². The Kier molecular flexibility index (Phi) is 5.90. The van der Waals surface area contributed by atoms with Gasteiger partial charge in [0.1, 0.15) is 10.7 Å². The number of alkyl halides is 3. The van der Waals surface area contributed by atoms with Crippen LogP contribution in [0.4, 0.5) is 17.6 Å². The van der Waals surface area contributed by atoms with E-state index in [1.165, 1.54) is 36.7 Å². The molecule has 2 aromatic carbocycles. The molecule has 0 spiro atoms. The molecule has 0 aliphatic carbocycles. The number of rotatable bonds is 6. The van der Waals surface area contributed by atoms with Gasteiger partial charge >= 0.3 is 12.1 Å². The van der Waals surface area contributed by atoms with E-state index in [9.17, 15) is 30.8 Å². The van der Waals surface area contributed by atoms with Gasteiger partial charge in [0.05, 0.1) is 11.1 Å². The van der Waals surface area contributed by atoms with Crippen LogP contribution in [-0.4, -0.2) is 28.5 Å². The summed E-state index contributed by atoms with van der Waals surface area (Å²) in [5.74, 6) is -1.70. The van der Waals surface area contributed by atoms with Crippen molar-refractivity contribution in [2.24, 2.45) is 0 Å². The second-order valence-electron chi connectivity index (χ2n) is 7.49. The minimum Gasteiger partial charge on any atom is -0.481 e. The topological polar surface area (TPSA) is 89.3 Å². The highest BCUT2D eigenvalue weighted by molar-refractivity contribution is 7.90. The van der Waals surface area contributed by atoms with Crippen LogP contribution in [0.2, 0.25) is 0 Å². The van der Waals surface area contributed by atoms with Crippen LogP contribution in [0.1, 0.15) is 17.5 Å². The number of halogens is 4. The molecule has 0 aliphatic heterocycles. The molecule has 1 N–H and O–H groups in total. The van der Waals surface area contributed by atoms with Crippen LogP contribution < -0.4 is 0 Å². The van der Waals surface area contributed by atoms with Crippen molar-refractivity contribution < 1.29 is 35.9 Å². The van der Waals surface area contributed by atoms with Gasteiger partial charge in [-0.05, 0) is 53.9 Å². The second kappa shape index (κ2) is 8.56. The number of pyridine rings is 1. The predicted molar refractivity (Wildman–Crippen MR) is 115 cm³/mol. The van der Waals surface area contributed by atoms with E-state index < -0.39 is 33.5 Å². The zero-order chi connectivity index (χ0) is 24.7. The van der Waals surface area contributed by atoms with Crippen molar-refractivity contribution in [2.45, 2.75) is 23.9 Å². The SMILES string of the molecule is O=C(O)CCc1cn(S(=O)(=O)c2cncc(-c3ccc(C(F)(F)F)cc3)c2)c2ccc(F)cc12. The number of carbonyl (C=O) groups is 1. The predicted octanol–water partition coefficient (Wildman–Crippen LogP) is 5.12. The molecule has 0 fully saturated rings. The van der Waals surface area contributed by atoms with Crippen molar-refractivity contribution in [1.82, 2.24) is 8.96 Å². The average Bonchev–Trinajstić information content (AvgIpc) is 3.16.